The van der Waals surface area contributed by atoms with Crippen LogP contribution in [0.15, 0.2) is 22.7 Å². The number of hydrogen-bond donors (Lipinski definition) is 2. The normalized spacial score (nSPS) is 18.0. The van der Waals surface area contributed by atoms with Crippen LogP contribution in [-0.4, -0.2) is 22.7 Å². The molecule has 0 saturated heterocycles. The Bertz CT molecular complexity index is 555. The molecule has 108 valence electrons. The molecule has 1 aromatic rings. The molecule has 1 atom stereocenters. The molecule has 0 spiro atoms. The molecule has 0 fully saturated rings. The van der Waals surface area contributed by atoms with Crippen molar-refractivity contribution in [3.05, 3.63) is 28.2 Å². The quantitative estimate of drug-likeness (QED) is 0.754. The van der Waals surface area contributed by atoms with Gasteiger partial charge in [-0.05, 0) is 44.5 Å². The van der Waals surface area contributed by atoms with Crippen LogP contribution in [0.3, 0.4) is 0 Å². The molecular formula is C14H17BrN2O2S. The zero-order chi connectivity index (χ0) is 14.9. The van der Waals surface area contributed by atoms with Crippen LogP contribution in [0.4, 0.5) is 10.5 Å². The minimum Gasteiger partial charge on any atom is -0.444 e. The summed E-state index contributed by atoms with van der Waals surface area (Å²) in [6.07, 6.45) is 0.199. The van der Waals surface area contributed by atoms with E-state index in [4.69, 9.17) is 17.0 Å². The van der Waals surface area contributed by atoms with Gasteiger partial charge >= 0.3 is 6.09 Å². The first-order valence-electron chi connectivity index (χ1n) is 6.33. The van der Waals surface area contributed by atoms with E-state index < -0.39 is 11.7 Å². The highest BCUT2D eigenvalue weighted by Gasteiger charge is 2.26. The highest BCUT2D eigenvalue weighted by atomic mass is 79.9. The van der Waals surface area contributed by atoms with Crippen molar-refractivity contribution in [3.63, 3.8) is 0 Å². The fourth-order valence-corrected chi connectivity index (χ4v) is 2.61. The number of amides is 1. The summed E-state index contributed by atoms with van der Waals surface area (Å²) in [6.45, 7) is 5.49. The average molecular weight is 357 g/mol. The van der Waals surface area contributed by atoms with Crippen molar-refractivity contribution in [2.24, 2.45) is 0 Å². The summed E-state index contributed by atoms with van der Waals surface area (Å²) in [7, 11) is 0. The van der Waals surface area contributed by atoms with E-state index in [2.05, 4.69) is 26.6 Å². The molecule has 6 heteroatoms. The van der Waals surface area contributed by atoms with Gasteiger partial charge in [0, 0.05) is 16.6 Å². The van der Waals surface area contributed by atoms with Crippen molar-refractivity contribution in [1.29, 1.82) is 0 Å². The molecule has 1 amide bonds. The molecular weight excluding hydrogens is 340 g/mol. The van der Waals surface area contributed by atoms with E-state index in [1.54, 1.807) is 0 Å². The average Bonchev–Trinajstić information content (AvgIpc) is 2.28. The van der Waals surface area contributed by atoms with Crippen LogP contribution in [0.5, 0.6) is 0 Å². The van der Waals surface area contributed by atoms with Gasteiger partial charge in [-0.1, -0.05) is 28.1 Å². The van der Waals surface area contributed by atoms with Gasteiger partial charge in [-0.15, -0.1) is 0 Å². The number of ether oxygens (including phenoxy) is 1. The summed E-state index contributed by atoms with van der Waals surface area (Å²) < 4.78 is 6.26. The number of alkyl carbamates (subject to hydrolysis) is 1. The van der Waals surface area contributed by atoms with Gasteiger partial charge in [0.2, 0.25) is 0 Å². The summed E-state index contributed by atoms with van der Waals surface area (Å²) in [5.41, 5.74) is 1.57. The maximum Gasteiger partial charge on any atom is 0.408 e. The topological polar surface area (TPSA) is 50.4 Å². The number of carbonyl (C=O) groups excluding carboxylic acids is 1. The highest BCUT2D eigenvalue weighted by molar-refractivity contribution is 9.10. The molecule has 2 N–H and O–H groups in total. The summed E-state index contributed by atoms with van der Waals surface area (Å²) in [4.78, 5) is 12.4. The lowest BCUT2D eigenvalue weighted by atomic mass is 10.00. The van der Waals surface area contributed by atoms with Crippen molar-refractivity contribution < 1.29 is 9.53 Å². The van der Waals surface area contributed by atoms with Gasteiger partial charge in [-0.2, -0.15) is 0 Å². The third kappa shape index (κ3) is 3.93. The van der Waals surface area contributed by atoms with E-state index in [1.165, 1.54) is 0 Å². The van der Waals surface area contributed by atoms with Crippen LogP contribution in [0.25, 0.3) is 0 Å². The Morgan fingerprint density at radius 1 is 1.50 bits per heavy atom. The van der Waals surface area contributed by atoms with Gasteiger partial charge in [0.25, 0.3) is 0 Å². The number of fused-ring (bicyclic) bond motifs is 1. The van der Waals surface area contributed by atoms with Gasteiger partial charge in [0.15, 0.2) is 0 Å². The first kappa shape index (κ1) is 15.3. The summed E-state index contributed by atoms with van der Waals surface area (Å²) in [6, 6.07) is 5.70. The second-order valence-corrected chi connectivity index (χ2v) is 7.05. The predicted octanol–water partition coefficient (Wildman–Crippen LogP) is 3.64. The van der Waals surface area contributed by atoms with Crippen molar-refractivity contribution in [3.8, 4) is 0 Å². The van der Waals surface area contributed by atoms with E-state index >= 15 is 0 Å². The first-order chi connectivity index (χ1) is 9.24. The molecule has 1 aromatic carbocycles. The van der Waals surface area contributed by atoms with Crippen molar-refractivity contribution in [2.45, 2.75) is 38.8 Å². The number of benzene rings is 1. The molecule has 1 aliphatic heterocycles. The SMILES string of the molecule is CC(C)(C)OC(=O)N[C@H]1Cc2cc(Br)ccc2NC1=S. The van der Waals surface area contributed by atoms with Crippen molar-refractivity contribution >= 4 is 44.9 Å². The van der Waals surface area contributed by atoms with Crippen LogP contribution in [0, 0.1) is 0 Å². The molecule has 1 heterocycles. The van der Waals surface area contributed by atoms with E-state index in [9.17, 15) is 4.79 Å². The zero-order valence-electron chi connectivity index (χ0n) is 11.6. The van der Waals surface area contributed by atoms with Crippen molar-refractivity contribution in [1.82, 2.24) is 5.32 Å². The summed E-state index contributed by atoms with van der Waals surface area (Å²) in [5, 5.41) is 5.95. The Balaban J connectivity index is 2.07. The van der Waals surface area contributed by atoms with E-state index in [1.807, 2.05) is 39.0 Å². The molecule has 0 bridgehead atoms. The van der Waals surface area contributed by atoms with Crippen LogP contribution >= 0.6 is 28.1 Å². The number of nitrogens with one attached hydrogen (secondary N) is 2. The molecule has 4 nitrogen and oxygen atoms in total. The maximum atomic E-state index is 11.8. The molecule has 1 aliphatic rings. The van der Waals surface area contributed by atoms with E-state index in [0.717, 1.165) is 15.7 Å². The zero-order valence-corrected chi connectivity index (χ0v) is 14.0. The molecule has 0 unspecified atom stereocenters. The number of rotatable bonds is 1. The minimum atomic E-state index is -0.519. The van der Waals surface area contributed by atoms with Crippen LogP contribution in [0.1, 0.15) is 26.3 Å². The molecule has 0 aliphatic carbocycles. The van der Waals surface area contributed by atoms with E-state index in [-0.39, 0.29) is 6.04 Å². The van der Waals surface area contributed by atoms with Crippen LogP contribution in [-0.2, 0) is 11.2 Å². The first-order valence-corrected chi connectivity index (χ1v) is 7.53. The monoisotopic (exact) mass is 356 g/mol. The Hall–Kier alpha value is -1.14. The molecule has 0 saturated carbocycles. The molecule has 20 heavy (non-hydrogen) atoms. The van der Waals surface area contributed by atoms with Gasteiger partial charge < -0.3 is 15.4 Å². The summed E-state index contributed by atoms with van der Waals surface area (Å²) in [5.74, 6) is 0. The smallest absolute Gasteiger partial charge is 0.408 e. The van der Waals surface area contributed by atoms with Gasteiger partial charge in [-0.25, -0.2) is 4.79 Å². The second-order valence-electron chi connectivity index (χ2n) is 5.69. The third-order valence-corrected chi connectivity index (χ3v) is 3.64. The lowest BCUT2D eigenvalue weighted by molar-refractivity contribution is 0.0518. The Morgan fingerprint density at radius 2 is 2.20 bits per heavy atom. The Morgan fingerprint density at radius 3 is 2.85 bits per heavy atom. The number of carbonyl (C=O) groups is 1. The molecule has 2 rings (SSSR count). The fourth-order valence-electron chi connectivity index (χ4n) is 1.95. The predicted molar refractivity (Wildman–Crippen MR) is 87.2 cm³/mol. The molecule has 0 radical (unpaired) electrons. The van der Waals surface area contributed by atoms with Gasteiger partial charge in [-0.3, -0.25) is 0 Å². The number of thiocarbonyl (C=S) groups is 1. The van der Waals surface area contributed by atoms with Crippen LogP contribution in [0.2, 0.25) is 0 Å². The van der Waals surface area contributed by atoms with Crippen molar-refractivity contribution in [2.75, 3.05) is 5.32 Å². The minimum absolute atomic E-state index is 0.248. The molecule has 0 aromatic heterocycles. The maximum absolute atomic E-state index is 11.8. The van der Waals surface area contributed by atoms with Gasteiger partial charge in [0.1, 0.15) is 10.6 Å². The third-order valence-electron chi connectivity index (χ3n) is 2.76. The second kappa shape index (κ2) is 5.69. The number of anilines is 1. The van der Waals surface area contributed by atoms with Gasteiger partial charge in [0.05, 0.1) is 6.04 Å². The fraction of sp³-hybridized carbons (Fsp3) is 0.429. The lowest BCUT2D eigenvalue weighted by Gasteiger charge is -2.29. The van der Waals surface area contributed by atoms with Crippen LogP contribution < -0.4 is 10.6 Å². The largest absolute Gasteiger partial charge is 0.444 e. The van der Waals surface area contributed by atoms with E-state index in [0.29, 0.717) is 11.4 Å². The number of hydrogen-bond acceptors (Lipinski definition) is 3. The standard InChI is InChI=1S/C14H17BrN2O2S/c1-14(2,3)19-13(18)17-11-7-8-6-9(15)4-5-10(8)16-12(11)20/h4-6,11H,7H2,1-3H3,(H,16,20)(H,17,18)/t11-/m0/s1. The highest BCUT2D eigenvalue weighted by Crippen LogP contribution is 2.26. The Kier molecular flexibility index (Phi) is 4.34. The Labute approximate surface area is 132 Å². The lowest BCUT2D eigenvalue weighted by Crippen LogP contribution is -2.48. The number of halogens is 1. The summed E-state index contributed by atoms with van der Waals surface area (Å²) >= 11 is 8.75.